The third-order valence-electron chi connectivity index (χ3n) is 3.47. The maximum absolute atomic E-state index is 2.26. The molecule has 2 heterocycles. The fourth-order valence-corrected chi connectivity index (χ4v) is 5.21. The number of hydrogen-bond acceptors (Lipinski definition) is 2. The molecule has 0 fully saturated rings. The summed E-state index contributed by atoms with van der Waals surface area (Å²) in [5.74, 6) is 2.25. The highest BCUT2D eigenvalue weighted by atomic mass is 32.2. The number of benzene rings is 2. The van der Waals surface area contributed by atoms with Crippen molar-refractivity contribution < 1.29 is 0 Å². The molecule has 0 nitrogen and oxygen atoms in total. The molecule has 0 aromatic heterocycles. The topological polar surface area (TPSA) is 0 Å². The summed E-state index contributed by atoms with van der Waals surface area (Å²) in [4.78, 5) is 2.97. The Morgan fingerprint density at radius 2 is 1.06 bits per heavy atom. The van der Waals surface area contributed by atoms with E-state index in [0.29, 0.717) is 0 Å². The predicted molar refractivity (Wildman–Crippen MR) is 82.3 cm³/mol. The lowest BCUT2D eigenvalue weighted by atomic mass is 10.0. The van der Waals surface area contributed by atoms with Crippen LogP contribution in [-0.2, 0) is 11.5 Å². The van der Waals surface area contributed by atoms with Crippen LogP contribution in [0.2, 0.25) is 0 Å². The molecule has 2 aromatic carbocycles. The second-order valence-electron chi connectivity index (χ2n) is 4.55. The number of hydrogen-bond donors (Lipinski definition) is 0. The average molecular weight is 268 g/mol. The van der Waals surface area contributed by atoms with Crippen LogP contribution in [0.15, 0.2) is 48.5 Å². The second kappa shape index (κ2) is 4.22. The first-order valence-electron chi connectivity index (χ1n) is 6.10. The Balaban J connectivity index is 1.93. The normalized spacial score (nSPS) is 20.9. The van der Waals surface area contributed by atoms with E-state index >= 15 is 0 Å². The van der Waals surface area contributed by atoms with Crippen molar-refractivity contribution in [1.82, 2.24) is 0 Å². The zero-order valence-electron chi connectivity index (χ0n) is 9.85. The van der Waals surface area contributed by atoms with Gasteiger partial charge in [-0.2, -0.15) is 0 Å². The largest absolute Gasteiger partial charge is 0.119 e. The molecule has 0 spiro atoms. The number of thioether (sulfide) groups is 2. The minimum absolute atomic E-state index is 1.12. The van der Waals surface area contributed by atoms with Gasteiger partial charge in [0.05, 0.1) is 0 Å². The Morgan fingerprint density at radius 3 is 1.56 bits per heavy atom. The molecule has 0 saturated carbocycles. The van der Waals surface area contributed by atoms with Crippen LogP contribution >= 0.6 is 23.5 Å². The zero-order chi connectivity index (χ0) is 11.9. The maximum atomic E-state index is 2.26. The molecule has 2 aromatic rings. The molecule has 0 saturated heterocycles. The average Bonchev–Trinajstić information content (AvgIpc) is 3.01. The molecule has 2 aliphatic rings. The van der Waals surface area contributed by atoms with Gasteiger partial charge in [0.2, 0.25) is 0 Å². The lowest BCUT2D eigenvalue weighted by molar-refractivity contribution is 1.42. The molecule has 88 valence electrons. The van der Waals surface area contributed by atoms with Gasteiger partial charge in [-0.25, -0.2) is 0 Å². The lowest BCUT2D eigenvalue weighted by Gasteiger charge is -2.05. The van der Waals surface area contributed by atoms with Crippen molar-refractivity contribution in [2.24, 2.45) is 0 Å². The van der Waals surface area contributed by atoms with Crippen LogP contribution in [0.5, 0.6) is 0 Å². The SMILES string of the molecule is c1ccc2c(c1)CS/C2=C1\SCc2ccccc21. The highest BCUT2D eigenvalue weighted by molar-refractivity contribution is 8.13. The quantitative estimate of drug-likeness (QED) is 0.659. The van der Waals surface area contributed by atoms with Gasteiger partial charge in [-0.05, 0) is 22.3 Å². The fraction of sp³-hybridized carbons (Fsp3) is 0.125. The van der Waals surface area contributed by atoms with E-state index in [-0.39, 0.29) is 0 Å². The van der Waals surface area contributed by atoms with Crippen LogP contribution in [0.4, 0.5) is 0 Å². The molecule has 4 rings (SSSR count). The smallest absolute Gasteiger partial charge is 0.0293 e. The summed E-state index contributed by atoms with van der Waals surface area (Å²) < 4.78 is 0. The van der Waals surface area contributed by atoms with Gasteiger partial charge in [-0.1, -0.05) is 48.5 Å². The molecule has 0 bridgehead atoms. The summed E-state index contributed by atoms with van der Waals surface area (Å²) >= 11 is 3.98. The molecular weight excluding hydrogens is 256 g/mol. The van der Waals surface area contributed by atoms with Gasteiger partial charge in [0.1, 0.15) is 0 Å². The van der Waals surface area contributed by atoms with Crippen LogP contribution in [-0.4, -0.2) is 0 Å². The minimum atomic E-state index is 1.12. The van der Waals surface area contributed by atoms with E-state index < -0.39 is 0 Å². The van der Waals surface area contributed by atoms with Crippen molar-refractivity contribution in [1.29, 1.82) is 0 Å². The molecule has 0 amide bonds. The highest BCUT2D eigenvalue weighted by Gasteiger charge is 2.25. The summed E-state index contributed by atoms with van der Waals surface area (Å²) in [7, 11) is 0. The van der Waals surface area contributed by atoms with E-state index in [1.807, 2.05) is 23.5 Å². The predicted octanol–water partition coefficient (Wildman–Crippen LogP) is 5.01. The van der Waals surface area contributed by atoms with E-state index in [4.69, 9.17) is 0 Å². The van der Waals surface area contributed by atoms with Crippen LogP contribution in [0.1, 0.15) is 22.3 Å². The van der Waals surface area contributed by atoms with E-state index in [2.05, 4.69) is 48.5 Å². The van der Waals surface area contributed by atoms with E-state index in [1.54, 1.807) is 0 Å². The highest BCUT2D eigenvalue weighted by Crippen LogP contribution is 2.52. The fourth-order valence-electron chi connectivity index (χ4n) is 2.57. The maximum Gasteiger partial charge on any atom is 0.0293 e. The first kappa shape index (κ1) is 10.8. The van der Waals surface area contributed by atoms with Crippen LogP contribution in [0, 0.1) is 0 Å². The zero-order valence-corrected chi connectivity index (χ0v) is 11.5. The molecule has 2 heteroatoms. The van der Waals surface area contributed by atoms with Crippen LogP contribution in [0.25, 0.3) is 9.81 Å². The van der Waals surface area contributed by atoms with Crippen molar-refractivity contribution in [3.8, 4) is 0 Å². The van der Waals surface area contributed by atoms with Crippen molar-refractivity contribution in [2.75, 3.05) is 0 Å². The van der Waals surface area contributed by atoms with Crippen LogP contribution in [0.3, 0.4) is 0 Å². The van der Waals surface area contributed by atoms with Crippen molar-refractivity contribution in [2.45, 2.75) is 11.5 Å². The minimum Gasteiger partial charge on any atom is -0.119 e. The van der Waals surface area contributed by atoms with Crippen LogP contribution < -0.4 is 0 Å². The Bertz CT molecular complexity index is 598. The third-order valence-corrected chi connectivity index (χ3v) is 5.94. The molecule has 0 radical (unpaired) electrons. The van der Waals surface area contributed by atoms with Crippen molar-refractivity contribution in [3.05, 3.63) is 70.8 Å². The van der Waals surface area contributed by atoms with E-state index in [9.17, 15) is 0 Å². The van der Waals surface area contributed by atoms with Gasteiger partial charge in [0.15, 0.2) is 0 Å². The summed E-state index contributed by atoms with van der Waals surface area (Å²) in [6.45, 7) is 0. The van der Waals surface area contributed by atoms with Gasteiger partial charge in [0, 0.05) is 21.3 Å². The summed E-state index contributed by atoms with van der Waals surface area (Å²) in [5, 5.41) is 0. The van der Waals surface area contributed by atoms with Gasteiger partial charge in [0.25, 0.3) is 0 Å². The summed E-state index contributed by atoms with van der Waals surface area (Å²) in [6.07, 6.45) is 0. The number of rotatable bonds is 0. The standard InChI is InChI=1S/C16H12S2/c1-3-7-13-11(5-1)9-17-15(13)16-14-8-4-2-6-12(14)10-18-16/h1-8H,9-10H2/b16-15-. The molecule has 0 aliphatic carbocycles. The Labute approximate surface area is 115 Å². The van der Waals surface area contributed by atoms with E-state index in [0.717, 1.165) is 11.5 Å². The summed E-state index contributed by atoms with van der Waals surface area (Å²) in [5.41, 5.74) is 5.85. The first-order valence-corrected chi connectivity index (χ1v) is 8.07. The monoisotopic (exact) mass is 268 g/mol. The molecule has 18 heavy (non-hydrogen) atoms. The van der Waals surface area contributed by atoms with Crippen molar-refractivity contribution >= 4 is 33.3 Å². The van der Waals surface area contributed by atoms with Gasteiger partial charge in [-0.15, -0.1) is 23.5 Å². The molecule has 0 N–H and O–H groups in total. The van der Waals surface area contributed by atoms with Crippen molar-refractivity contribution in [3.63, 3.8) is 0 Å². The Hall–Kier alpha value is -1.12. The number of fused-ring (bicyclic) bond motifs is 2. The van der Waals surface area contributed by atoms with Gasteiger partial charge in [-0.3, -0.25) is 0 Å². The summed E-state index contributed by atoms with van der Waals surface area (Å²) in [6, 6.07) is 17.6. The third kappa shape index (κ3) is 1.56. The van der Waals surface area contributed by atoms with Gasteiger partial charge >= 0.3 is 0 Å². The van der Waals surface area contributed by atoms with Gasteiger partial charge < -0.3 is 0 Å². The molecule has 0 unspecified atom stereocenters. The molecule has 0 atom stereocenters. The second-order valence-corrected chi connectivity index (χ2v) is 6.52. The van der Waals surface area contributed by atoms with E-state index in [1.165, 1.54) is 32.1 Å². The Kier molecular flexibility index (Phi) is 2.52. The first-order chi connectivity index (χ1) is 8.93. The molecular formula is C16H12S2. The molecule has 2 aliphatic heterocycles. The lowest BCUT2D eigenvalue weighted by Crippen LogP contribution is -1.83. The Morgan fingerprint density at radius 1 is 0.611 bits per heavy atom.